The van der Waals surface area contributed by atoms with Gasteiger partial charge >= 0.3 is 24.3 Å². The molecule has 0 heterocycles. The van der Waals surface area contributed by atoms with Gasteiger partial charge in [-0.15, -0.1) is 0 Å². The molecule has 0 saturated heterocycles. The van der Waals surface area contributed by atoms with Crippen LogP contribution >= 0.6 is 0 Å². The molecule has 0 aromatic heterocycles. The van der Waals surface area contributed by atoms with E-state index in [2.05, 4.69) is 30.3 Å². The normalized spacial score (nSPS) is 15.6. The lowest BCUT2D eigenvalue weighted by Crippen LogP contribution is -2.53. The second kappa shape index (κ2) is 19.9. The van der Waals surface area contributed by atoms with Gasteiger partial charge in [0, 0.05) is 38.9 Å². The lowest BCUT2D eigenvalue weighted by molar-refractivity contribution is -0.279. The summed E-state index contributed by atoms with van der Waals surface area (Å²) in [6.45, 7) is 5.49. The molecule has 0 radical (unpaired) electrons. The van der Waals surface area contributed by atoms with Crippen molar-refractivity contribution >= 4 is 11.9 Å². The molecule has 13 heteroatoms. The molecule has 0 spiro atoms. The van der Waals surface area contributed by atoms with Gasteiger partial charge in [-0.25, -0.2) is 9.59 Å². The lowest BCUT2D eigenvalue weighted by atomic mass is 9.92. The van der Waals surface area contributed by atoms with Crippen molar-refractivity contribution in [1.82, 2.24) is 0 Å². The van der Waals surface area contributed by atoms with Crippen LogP contribution in [0.15, 0.2) is 73.3 Å². The minimum atomic E-state index is -5.22. The number of benzene rings is 2. The molecule has 5 atom stereocenters. The quantitative estimate of drug-likeness (QED) is 0.0508. The van der Waals surface area contributed by atoms with Gasteiger partial charge in [-0.2, -0.15) is 26.3 Å². The van der Waals surface area contributed by atoms with E-state index in [0.717, 1.165) is 70.2 Å². The maximum Gasteiger partial charge on any atom is 0.432 e. The summed E-state index contributed by atoms with van der Waals surface area (Å²) in [7, 11) is 2.80. The van der Waals surface area contributed by atoms with E-state index in [9.17, 15) is 35.9 Å². The highest BCUT2D eigenvalue weighted by Gasteiger charge is 2.65. The van der Waals surface area contributed by atoms with Gasteiger partial charge < -0.3 is 23.7 Å². The summed E-state index contributed by atoms with van der Waals surface area (Å²) in [6.07, 6.45) is -8.83. The number of rotatable bonds is 18. The molecular formula is C38H42F6O7. The third kappa shape index (κ3) is 10.6. The van der Waals surface area contributed by atoms with E-state index in [1.54, 1.807) is 0 Å². The molecule has 2 aromatic rings. The molecule has 2 aromatic carbocycles. The monoisotopic (exact) mass is 724 g/mol. The van der Waals surface area contributed by atoms with Crippen LogP contribution in [0.4, 0.5) is 26.3 Å². The fraction of sp³-hybridized carbons (Fsp3) is 0.474. The van der Waals surface area contributed by atoms with Gasteiger partial charge in [-0.05, 0) is 30.3 Å². The second-order valence-corrected chi connectivity index (χ2v) is 11.3. The Kier molecular flexibility index (Phi) is 16.7. The van der Waals surface area contributed by atoms with Gasteiger partial charge in [0.2, 0.25) is 0 Å². The van der Waals surface area contributed by atoms with Gasteiger partial charge in [-0.1, -0.05) is 112 Å². The number of unbranched alkanes of at least 4 members (excludes halogenated alkanes) is 4. The van der Waals surface area contributed by atoms with Crippen LogP contribution in [0.5, 0.6) is 0 Å². The van der Waals surface area contributed by atoms with Crippen LogP contribution in [0.25, 0.3) is 0 Å². The van der Waals surface area contributed by atoms with Crippen LogP contribution in [0.3, 0.4) is 0 Å². The van der Waals surface area contributed by atoms with Crippen molar-refractivity contribution in [2.75, 3.05) is 21.3 Å². The molecule has 0 aliphatic rings. The zero-order chi connectivity index (χ0) is 38.1. The van der Waals surface area contributed by atoms with Crippen LogP contribution in [0, 0.1) is 23.7 Å². The number of ether oxygens (including phenoxy) is 5. The van der Waals surface area contributed by atoms with E-state index in [-0.39, 0.29) is 6.42 Å². The predicted molar refractivity (Wildman–Crippen MR) is 177 cm³/mol. The molecule has 2 rings (SSSR count). The Bertz CT molecular complexity index is 1520. The zero-order valence-corrected chi connectivity index (χ0v) is 28.9. The van der Waals surface area contributed by atoms with Crippen LogP contribution in [-0.2, 0) is 44.5 Å². The van der Waals surface area contributed by atoms with Crippen molar-refractivity contribution in [3.8, 4) is 23.7 Å². The highest BCUT2D eigenvalue weighted by Crippen LogP contribution is 2.44. The van der Waals surface area contributed by atoms with Crippen LogP contribution < -0.4 is 0 Å². The van der Waals surface area contributed by atoms with Crippen molar-refractivity contribution in [3.63, 3.8) is 0 Å². The highest BCUT2D eigenvalue weighted by atomic mass is 19.4. The maximum atomic E-state index is 14.6. The van der Waals surface area contributed by atoms with E-state index in [1.807, 2.05) is 6.92 Å². The number of methoxy groups -OCH3 is 3. The third-order valence-corrected chi connectivity index (χ3v) is 8.03. The standard InChI is InChI=1S/C38H42F6O7/c1-6-8-9-10-19-26-31(47-3)32(51-34(46)36(49-5,38(42,43)44)29-23-16-12-17-24-29)27-20-13-18-25-30(7-2)50-33(45)35(48-4,37(39,40)41)28-21-14-11-15-22-28/h7,11-12,14-17,21-24,30-32H,2,6,8-10,19,26-27H2,1,3-5H3/t30-,31-,32-,35+,36+/m0/s1. The van der Waals surface area contributed by atoms with Crippen LogP contribution in [-0.4, -0.2) is 63.9 Å². The first kappa shape index (κ1) is 42.9. The number of alkyl halides is 6. The summed E-state index contributed by atoms with van der Waals surface area (Å²) in [5.74, 6) is 6.22. The Morgan fingerprint density at radius 2 is 1.22 bits per heavy atom. The summed E-state index contributed by atoms with van der Waals surface area (Å²) < 4.78 is 112. The van der Waals surface area contributed by atoms with Crippen molar-refractivity contribution in [2.45, 2.75) is 93.7 Å². The van der Waals surface area contributed by atoms with E-state index >= 15 is 0 Å². The summed E-state index contributed by atoms with van der Waals surface area (Å²) in [5, 5.41) is 0. The molecule has 0 bridgehead atoms. The van der Waals surface area contributed by atoms with Crippen molar-refractivity contribution in [2.24, 2.45) is 0 Å². The molecule has 7 nitrogen and oxygen atoms in total. The molecular weight excluding hydrogens is 682 g/mol. The lowest BCUT2D eigenvalue weighted by Gasteiger charge is -2.34. The van der Waals surface area contributed by atoms with Crippen LogP contribution in [0.1, 0.15) is 63.0 Å². The molecule has 0 unspecified atom stereocenters. The highest BCUT2D eigenvalue weighted by molar-refractivity contribution is 5.83. The van der Waals surface area contributed by atoms with Gasteiger partial charge in [0.25, 0.3) is 11.2 Å². The van der Waals surface area contributed by atoms with Crippen LogP contribution in [0.2, 0.25) is 0 Å². The number of carbonyl (C=O) groups is 2. The second-order valence-electron chi connectivity index (χ2n) is 11.3. The van der Waals surface area contributed by atoms with Crippen molar-refractivity contribution < 1.29 is 59.6 Å². The first-order valence-electron chi connectivity index (χ1n) is 16.1. The predicted octanol–water partition coefficient (Wildman–Crippen LogP) is 7.98. The number of hydrogen-bond acceptors (Lipinski definition) is 7. The van der Waals surface area contributed by atoms with E-state index in [1.165, 1.54) is 43.5 Å². The minimum Gasteiger partial charge on any atom is -0.456 e. The number of hydrogen-bond donors (Lipinski definition) is 0. The molecule has 278 valence electrons. The molecule has 0 saturated carbocycles. The fourth-order valence-electron chi connectivity index (χ4n) is 5.29. The molecule has 0 aliphatic carbocycles. The Balaban J connectivity index is 2.38. The Morgan fingerprint density at radius 1 is 0.725 bits per heavy atom. The van der Waals surface area contributed by atoms with E-state index in [0.29, 0.717) is 12.8 Å². The van der Waals surface area contributed by atoms with Crippen molar-refractivity contribution in [3.05, 3.63) is 84.4 Å². The first-order valence-corrected chi connectivity index (χ1v) is 16.1. The minimum absolute atomic E-state index is 0.333. The molecule has 0 aliphatic heterocycles. The largest absolute Gasteiger partial charge is 0.456 e. The smallest absolute Gasteiger partial charge is 0.432 e. The van der Waals surface area contributed by atoms with Gasteiger partial charge in [-0.3, -0.25) is 0 Å². The zero-order valence-electron chi connectivity index (χ0n) is 28.9. The summed E-state index contributed by atoms with van der Waals surface area (Å²) in [5.41, 5.74) is -7.92. The maximum absolute atomic E-state index is 14.6. The Hall–Kier alpha value is -4.30. The summed E-state index contributed by atoms with van der Waals surface area (Å²) in [6, 6.07) is 12.5. The number of carbonyl (C=O) groups excluding carboxylic acids is 2. The fourth-order valence-corrected chi connectivity index (χ4v) is 5.29. The average molecular weight is 725 g/mol. The summed E-state index contributed by atoms with van der Waals surface area (Å²) in [4.78, 5) is 26.4. The van der Waals surface area contributed by atoms with Crippen molar-refractivity contribution in [1.29, 1.82) is 0 Å². The molecule has 51 heavy (non-hydrogen) atoms. The van der Waals surface area contributed by atoms with E-state index in [4.69, 9.17) is 23.7 Å². The summed E-state index contributed by atoms with van der Waals surface area (Å²) >= 11 is 0. The Morgan fingerprint density at radius 3 is 1.65 bits per heavy atom. The SMILES string of the molecule is C=C[C@@H](C#CC#CC[C@H](OC(=O)[C@](OC)(c1ccccc1)C(F)(F)F)[C@H](CCCCCCC)OC)OC(=O)[C@](OC)(c1ccccc1)C(F)(F)F. The van der Waals surface area contributed by atoms with Gasteiger partial charge in [0.15, 0.2) is 6.10 Å². The first-order chi connectivity index (χ1) is 24.2. The number of halogens is 6. The molecule has 0 N–H and O–H groups in total. The molecule has 0 amide bonds. The average Bonchev–Trinajstić information content (AvgIpc) is 3.09. The Labute approximate surface area is 294 Å². The third-order valence-electron chi connectivity index (χ3n) is 8.03. The topological polar surface area (TPSA) is 80.3 Å². The van der Waals surface area contributed by atoms with Gasteiger partial charge in [0.1, 0.15) is 6.10 Å². The van der Waals surface area contributed by atoms with E-state index < -0.39 is 64.9 Å². The molecule has 0 fully saturated rings. The van der Waals surface area contributed by atoms with Gasteiger partial charge in [0.05, 0.1) is 6.10 Å². The number of esters is 2.